The Labute approximate surface area is 162 Å². The number of carbonyl (C=O) groups is 2. The maximum absolute atomic E-state index is 13.1. The molecule has 29 heavy (non-hydrogen) atoms. The fourth-order valence-electron chi connectivity index (χ4n) is 2.18. The summed E-state index contributed by atoms with van der Waals surface area (Å²) >= 11 is 0. The number of alkyl halides is 3. The number of nitrogens with one attached hydrogen (secondary N) is 1. The van der Waals surface area contributed by atoms with Crippen LogP contribution >= 0.6 is 0 Å². The number of rotatable bonds is 7. The highest BCUT2D eigenvalue weighted by Gasteiger charge is 2.35. The number of hydrogen-bond donors (Lipinski definition) is 1. The summed E-state index contributed by atoms with van der Waals surface area (Å²) in [5.41, 5.74) is -2.88. The van der Waals surface area contributed by atoms with Gasteiger partial charge >= 0.3 is 12.1 Å². The number of benzene rings is 2. The number of halogens is 3. The third-order valence-electron chi connectivity index (χ3n) is 3.53. The number of non-ortho nitro benzene ring substituents is 1. The van der Waals surface area contributed by atoms with Gasteiger partial charge in [-0.2, -0.15) is 13.2 Å². The maximum atomic E-state index is 13.1. The van der Waals surface area contributed by atoms with E-state index in [1.54, 1.807) is 30.3 Å². The molecule has 0 radical (unpaired) electrons. The summed E-state index contributed by atoms with van der Waals surface area (Å²) in [7, 11) is 0. The van der Waals surface area contributed by atoms with Gasteiger partial charge in [-0.05, 0) is 25.1 Å². The van der Waals surface area contributed by atoms with Gasteiger partial charge in [0.1, 0.15) is 5.75 Å². The minimum atomic E-state index is -4.94. The van der Waals surface area contributed by atoms with E-state index in [4.69, 9.17) is 9.47 Å². The van der Waals surface area contributed by atoms with Crippen molar-refractivity contribution in [1.82, 2.24) is 0 Å². The lowest BCUT2D eigenvalue weighted by atomic mass is 10.1. The number of amides is 1. The quantitative estimate of drug-likeness (QED) is 0.423. The fraction of sp³-hybridized carbons (Fsp3) is 0.222. The molecule has 0 fully saturated rings. The van der Waals surface area contributed by atoms with Crippen LogP contribution in [-0.4, -0.2) is 29.5 Å². The molecule has 11 heteroatoms. The molecular formula is C18H15F3N2O6. The summed E-state index contributed by atoms with van der Waals surface area (Å²) in [5.74, 6) is -1.56. The standard InChI is InChI=1S/C18H15F3N2O6/c1-11(29-13-5-3-2-4-6-13)17(25)28-10-16(24)22-15-8-7-12(23(26)27)9-14(15)18(19,20)21/h2-9,11H,10H2,1H3,(H,22,24)/t11-/m0/s1. The van der Waals surface area contributed by atoms with Crippen LogP contribution in [0.15, 0.2) is 48.5 Å². The van der Waals surface area contributed by atoms with Gasteiger partial charge in [-0.3, -0.25) is 14.9 Å². The van der Waals surface area contributed by atoms with Gasteiger partial charge in [0.15, 0.2) is 12.7 Å². The smallest absolute Gasteiger partial charge is 0.418 e. The molecule has 8 nitrogen and oxygen atoms in total. The Bertz CT molecular complexity index is 902. The van der Waals surface area contributed by atoms with Crippen molar-refractivity contribution in [2.24, 2.45) is 0 Å². The Morgan fingerprint density at radius 3 is 2.41 bits per heavy atom. The molecule has 1 N–H and O–H groups in total. The molecule has 0 bridgehead atoms. The Hall–Kier alpha value is -3.63. The molecular weight excluding hydrogens is 397 g/mol. The first kappa shape index (κ1) is 21.7. The number of hydrogen-bond acceptors (Lipinski definition) is 6. The molecule has 0 saturated carbocycles. The number of nitro benzene ring substituents is 1. The summed E-state index contributed by atoms with van der Waals surface area (Å²) in [6.07, 6.45) is -6.00. The van der Waals surface area contributed by atoms with Crippen LogP contribution in [0.1, 0.15) is 12.5 Å². The fourth-order valence-corrected chi connectivity index (χ4v) is 2.18. The van der Waals surface area contributed by atoms with Gasteiger partial charge in [-0.15, -0.1) is 0 Å². The average molecular weight is 412 g/mol. The van der Waals surface area contributed by atoms with Crippen molar-refractivity contribution in [3.8, 4) is 5.75 Å². The third-order valence-corrected chi connectivity index (χ3v) is 3.53. The topological polar surface area (TPSA) is 108 Å². The van der Waals surface area contributed by atoms with Crippen molar-refractivity contribution in [3.63, 3.8) is 0 Å². The van der Waals surface area contributed by atoms with Crippen molar-refractivity contribution in [2.75, 3.05) is 11.9 Å². The van der Waals surface area contributed by atoms with Gasteiger partial charge in [0.25, 0.3) is 11.6 Å². The minimum absolute atomic E-state index is 0.303. The van der Waals surface area contributed by atoms with Gasteiger partial charge < -0.3 is 14.8 Å². The van der Waals surface area contributed by atoms with Crippen molar-refractivity contribution >= 4 is 23.3 Å². The Morgan fingerprint density at radius 1 is 1.17 bits per heavy atom. The molecule has 2 rings (SSSR count). The predicted octanol–water partition coefficient (Wildman–Crippen LogP) is 3.56. The Kier molecular flexibility index (Phi) is 6.75. The van der Waals surface area contributed by atoms with Gasteiger partial charge in [-0.25, -0.2) is 4.79 Å². The first-order valence-corrected chi connectivity index (χ1v) is 8.11. The molecule has 2 aromatic rings. The summed E-state index contributed by atoms with van der Waals surface area (Å²) in [6.45, 7) is 0.515. The van der Waals surface area contributed by atoms with Crippen molar-refractivity contribution < 1.29 is 37.2 Å². The van der Waals surface area contributed by atoms with E-state index in [9.17, 15) is 32.9 Å². The normalized spacial score (nSPS) is 12.0. The third kappa shape index (κ3) is 6.19. The number of ether oxygens (including phenoxy) is 2. The number of anilines is 1. The Morgan fingerprint density at radius 2 is 1.83 bits per heavy atom. The molecule has 2 aromatic carbocycles. The zero-order chi connectivity index (χ0) is 21.6. The van der Waals surface area contributed by atoms with E-state index < -0.39 is 52.6 Å². The first-order chi connectivity index (χ1) is 13.6. The van der Waals surface area contributed by atoms with Crippen molar-refractivity contribution in [2.45, 2.75) is 19.2 Å². The molecule has 0 aliphatic rings. The molecule has 0 aliphatic heterocycles. The van der Waals surface area contributed by atoms with Gasteiger partial charge in [-0.1, -0.05) is 18.2 Å². The van der Waals surface area contributed by atoms with Crippen LogP contribution in [0.5, 0.6) is 5.75 Å². The number of carbonyl (C=O) groups excluding carboxylic acids is 2. The second kappa shape index (κ2) is 9.04. The summed E-state index contributed by atoms with van der Waals surface area (Å²) < 4.78 is 49.3. The molecule has 1 amide bonds. The van der Waals surface area contributed by atoms with E-state index in [-0.39, 0.29) is 0 Å². The summed E-state index contributed by atoms with van der Waals surface area (Å²) in [6, 6.07) is 10.2. The lowest BCUT2D eigenvalue weighted by molar-refractivity contribution is -0.385. The molecule has 1 atom stereocenters. The number of nitrogens with zero attached hydrogens (tertiary/aromatic N) is 1. The van der Waals surface area contributed by atoms with Gasteiger partial charge in [0.2, 0.25) is 0 Å². The summed E-state index contributed by atoms with van der Waals surface area (Å²) in [4.78, 5) is 33.4. The monoisotopic (exact) mass is 412 g/mol. The highest BCUT2D eigenvalue weighted by atomic mass is 19.4. The lowest BCUT2D eigenvalue weighted by Gasteiger charge is -2.15. The van der Waals surface area contributed by atoms with Crippen molar-refractivity contribution in [1.29, 1.82) is 0 Å². The van der Waals surface area contributed by atoms with E-state index >= 15 is 0 Å². The molecule has 0 saturated heterocycles. The summed E-state index contributed by atoms with van der Waals surface area (Å²) in [5, 5.41) is 12.6. The molecule has 0 spiro atoms. The molecule has 0 unspecified atom stereocenters. The van der Waals surface area contributed by atoms with Crippen LogP contribution in [0.2, 0.25) is 0 Å². The average Bonchev–Trinajstić information content (AvgIpc) is 2.66. The van der Waals surface area contributed by atoms with Gasteiger partial charge in [0, 0.05) is 12.1 Å². The van der Waals surface area contributed by atoms with Crippen molar-refractivity contribution in [3.05, 3.63) is 64.2 Å². The molecule has 0 heterocycles. The van der Waals surface area contributed by atoms with E-state index in [1.807, 2.05) is 5.32 Å². The zero-order valence-electron chi connectivity index (χ0n) is 14.9. The van der Waals surface area contributed by atoms with Gasteiger partial charge in [0.05, 0.1) is 16.2 Å². The first-order valence-electron chi connectivity index (χ1n) is 8.11. The molecule has 154 valence electrons. The number of esters is 1. The molecule has 0 aliphatic carbocycles. The second-order valence-corrected chi connectivity index (χ2v) is 5.71. The molecule has 0 aromatic heterocycles. The highest BCUT2D eigenvalue weighted by Crippen LogP contribution is 2.37. The Balaban J connectivity index is 1.98. The zero-order valence-corrected chi connectivity index (χ0v) is 14.9. The maximum Gasteiger partial charge on any atom is 0.418 e. The number of para-hydroxylation sites is 1. The van der Waals surface area contributed by atoms with Crippen LogP contribution in [0.4, 0.5) is 24.5 Å². The second-order valence-electron chi connectivity index (χ2n) is 5.71. The predicted molar refractivity (Wildman–Crippen MR) is 94.2 cm³/mol. The van der Waals surface area contributed by atoms with Crippen LogP contribution in [0, 0.1) is 10.1 Å². The largest absolute Gasteiger partial charge is 0.479 e. The highest BCUT2D eigenvalue weighted by molar-refractivity contribution is 5.94. The van der Waals surface area contributed by atoms with Crippen LogP contribution in [0.3, 0.4) is 0 Å². The SMILES string of the molecule is C[C@H](Oc1ccccc1)C(=O)OCC(=O)Nc1ccc([N+](=O)[O-])cc1C(F)(F)F. The lowest BCUT2D eigenvalue weighted by Crippen LogP contribution is -2.30. The van der Waals surface area contributed by atoms with E-state index in [0.29, 0.717) is 11.8 Å². The van der Waals surface area contributed by atoms with E-state index in [1.165, 1.54) is 6.92 Å². The van der Waals surface area contributed by atoms with Crippen LogP contribution in [-0.2, 0) is 20.5 Å². The number of nitro groups is 1. The van der Waals surface area contributed by atoms with E-state index in [2.05, 4.69) is 0 Å². The van der Waals surface area contributed by atoms with E-state index in [0.717, 1.165) is 12.1 Å². The minimum Gasteiger partial charge on any atom is -0.479 e. The van der Waals surface area contributed by atoms with Crippen LogP contribution < -0.4 is 10.1 Å². The van der Waals surface area contributed by atoms with Crippen LogP contribution in [0.25, 0.3) is 0 Å².